The fourth-order valence-electron chi connectivity index (χ4n) is 3.02. The fourth-order valence-corrected chi connectivity index (χ4v) is 3.02. The number of aryl methyl sites for hydroxylation is 2. The van der Waals surface area contributed by atoms with Gasteiger partial charge < -0.3 is 9.80 Å². The van der Waals surface area contributed by atoms with Crippen molar-refractivity contribution in [2.24, 2.45) is 0 Å². The largest absolute Gasteiger partial charge is 0.353 e. The monoisotopic (exact) mass is 327 g/mol. The van der Waals surface area contributed by atoms with Gasteiger partial charge in [0.05, 0.1) is 18.1 Å². The van der Waals surface area contributed by atoms with E-state index >= 15 is 0 Å². The van der Waals surface area contributed by atoms with Crippen molar-refractivity contribution in [1.29, 1.82) is 0 Å². The number of hydrogen-bond acceptors (Lipinski definition) is 6. The summed E-state index contributed by atoms with van der Waals surface area (Å²) in [6.07, 6.45) is 2.41. The number of halogens is 1. The zero-order chi connectivity index (χ0) is 16.7. The molecule has 3 aromatic heterocycles. The van der Waals surface area contributed by atoms with Gasteiger partial charge in [0.2, 0.25) is 5.95 Å². The van der Waals surface area contributed by atoms with E-state index in [0.29, 0.717) is 5.95 Å². The summed E-state index contributed by atoms with van der Waals surface area (Å²) in [5, 5.41) is 4.55. The third-order valence-electron chi connectivity index (χ3n) is 4.15. The molecule has 0 radical (unpaired) electrons. The first kappa shape index (κ1) is 14.8. The van der Waals surface area contributed by atoms with Crippen molar-refractivity contribution in [3.63, 3.8) is 0 Å². The van der Waals surface area contributed by atoms with Gasteiger partial charge in [0.25, 0.3) is 0 Å². The predicted octanol–water partition coefficient (Wildman–Crippen LogP) is 1.60. The van der Waals surface area contributed by atoms with E-state index in [4.69, 9.17) is 0 Å². The minimum atomic E-state index is -0.416. The fraction of sp³-hybridized carbons (Fsp3) is 0.375. The lowest BCUT2D eigenvalue weighted by atomic mass is 10.3. The summed E-state index contributed by atoms with van der Waals surface area (Å²) >= 11 is 0. The third-order valence-corrected chi connectivity index (χ3v) is 4.15. The van der Waals surface area contributed by atoms with Gasteiger partial charge in [-0.15, -0.1) is 0 Å². The first-order valence-electron chi connectivity index (χ1n) is 7.91. The topological polar surface area (TPSA) is 62.5 Å². The first-order chi connectivity index (χ1) is 11.6. The van der Waals surface area contributed by atoms with Gasteiger partial charge in [-0.05, 0) is 13.8 Å². The highest BCUT2D eigenvalue weighted by molar-refractivity contribution is 5.52. The molecule has 0 spiro atoms. The first-order valence-corrected chi connectivity index (χ1v) is 7.91. The van der Waals surface area contributed by atoms with E-state index in [1.807, 2.05) is 24.4 Å². The highest BCUT2D eigenvalue weighted by Gasteiger charge is 2.21. The highest BCUT2D eigenvalue weighted by Crippen LogP contribution is 2.20. The van der Waals surface area contributed by atoms with Crippen LogP contribution in [0, 0.1) is 19.7 Å². The van der Waals surface area contributed by atoms with Crippen LogP contribution < -0.4 is 9.80 Å². The van der Waals surface area contributed by atoms with Crippen LogP contribution in [-0.2, 0) is 0 Å². The molecule has 4 rings (SSSR count). The number of piperazine rings is 1. The summed E-state index contributed by atoms with van der Waals surface area (Å²) < 4.78 is 14.9. The molecule has 24 heavy (non-hydrogen) atoms. The number of rotatable bonds is 2. The lowest BCUT2D eigenvalue weighted by Crippen LogP contribution is -2.47. The summed E-state index contributed by atoms with van der Waals surface area (Å²) in [5.41, 5.74) is 2.79. The maximum atomic E-state index is 13.0. The Morgan fingerprint density at radius 1 is 0.917 bits per heavy atom. The molecule has 1 aliphatic heterocycles. The van der Waals surface area contributed by atoms with Gasteiger partial charge in [0, 0.05) is 44.0 Å². The summed E-state index contributed by atoms with van der Waals surface area (Å²) in [6.45, 7) is 7.14. The molecule has 0 amide bonds. The minimum Gasteiger partial charge on any atom is -0.353 e. The molecule has 0 bridgehead atoms. The Morgan fingerprint density at radius 2 is 1.58 bits per heavy atom. The second-order valence-electron chi connectivity index (χ2n) is 5.99. The van der Waals surface area contributed by atoms with Crippen molar-refractivity contribution in [2.45, 2.75) is 13.8 Å². The predicted molar refractivity (Wildman–Crippen MR) is 88.9 cm³/mol. The van der Waals surface area contributed by atoms with Crippen LogP contribution in [0.3, 0.4) is 0 Å². The van der Waals surface area contributed by atoms with Crippen molar-refractivity contribution < 1.29 is 4.39 Å². The van der Waals surface area contributed by atoms with Gasteiger partial charge in [0.15, 0.2) is 11.5 Å². The van der Waals surface area contributed by atoms with Gasteiger partial charge in [-0.2, -0.15) is 9.61 Å². The molecule has 8 heteroatoms. The zero-order valence-corrected chi connectivity index (χ0v) is 13.6. The molecule has 0 N–H and O–H groups in total. The van der Waals surface area contributed by atoms with Gasteiger partial charge in [-0.3, -0.25) is 0 Å². The van der Waals surface area contributed by atoms with Crippen molar-refractivity contribution in [3.05, 3.63) is 41.7 Å². The molecule has 0 unspecified atom stereocenters. The normalized spacial score (nSPS) is 15.3. The summed E-state index contributed by atoms with van der Waals surface area (Å²) in [7, 11) is 0. The molecule has 1 saturated heterocycles. The Kier molecular flexibility index (Phi) is 3.51. The van der Waals surface area contributed by atoms with Gasteiger partial charge in [0.1, 0.15) is 5.82 Å². The number of nitrogens with zero attached hydrogens (tertiary/aromatic N) is 7. The maximum absolute atomic E-state index is 13.0. The van der Waals surface area contributed by atoms with E-state index in [2.05, 4.69) is 35.9 Å². The van der Waals surface area contributed by atoms with Crippen molar-refractivity contribution in [3.8, 4) is 0 Å². The molecular weight excluding hydrogens is 309 g/mol. The average molecular weight is 327 g/mol. The lowest BCUT2D eigenvalue weighted by molar-refractivity contribution is 0.599. The van der Waals surface area contributed by atoms with E-state index in [1.165, 1.54) is 12.4 Å². The van der Waals surface area contributed by atoms with Gasteiger partial charge in [-0.25, -0.2) is 19.3 Å². The number of anilines is 2. The number of fused-ring (bicyclic) bond motifs is 1. The van der Waals surface area contributed by atoms with Crippen molar-refractivity contribution in [1.82, 2.24) is 24.6 Å². The molecule has 7 nitrogen and oxygen atoms in total. The summed E-state index contributed by atoms with van der Waals surface area (Å²) in [4.78, 5) is 17.0. The lowest BCUT2D eigenvalue weighted by Gasteiger charge is -2.35. The number of aromatic nitrogens is 5. The second-order valence-corrected chi connectivity index (χ2v) is 5.99. The van der Waals surface area contributed by atoms with Crippen LogP contribution in [-0.4, -0.2) is 50.7 Å². The Balaban J connectivity index is 1.57. The van der Waals surface area contributed by atoms with E-state index in [9.17, 15) is 4.39 Å². The summed E-state index contributed by atoms with van der Waals surface area (Å²) in [6, 6.07) is 4.04. The van der Waals surface area contributed by atoms with E-state index < -0.39 is 5.82 Å². The van der Waals surface area contributed by atoms with Crippen molar-refractivity contribution in [2.75, 3.05) is 36.0 Å². The molecule has 4 heterocycles. The van der Waals surface area contributed by atoms with Crippen LogP contribution in [0.15, 0.2) is 24.5 Å². The van der Waals surface area contributed by atoms with Crippen LogP contribution >= 0.6 is 0 Å². The van der Waals surface area contributed by atoms with Gasteiger partial charge in [-0.1, -0.05) is 0 Å². The molecule has 0 aliphatic carbocycles. The van der Waals surface area contributed by atoms with E-state index in [1.54, 1.807) is 0 Å². The molecule has 1 aliphatic rings. The van der Waals surface area contributed by atoms with Gasteiger partial charge >= 0.3 is 0 Å². The Hall–Kier alpha value is -2.77. The van der Waals surface area contributed by atoms with Crippen LogP contribution in [0.1, 0.15) is 11.4 Å². The Morgan fingerprint density at radius 3 is 2.29 bits per heavy atom. The molecule has 3 aromatic rings. The molecular formula is C16H18FN7. The minimum absolute atomic E-state index is 0.416. The maximum Gasteiger partial charge on any atom is 0.225 e. The Labute approximate surface area is 138 Å². The van der Waals surface area contributed by atoms with Crippen LogP contribution in [0.5, 0.6) is 0 Å². The standard InChI is InChI=1S/C16H18FN7/c1-11-8-15(24-14(20-11)7-12(2)21-24)22-3-5-23(6-4-22)16-18-9-13(17)10-19-16/h7-10H,3-6H2,1-2H3. The highest BCUT2D eigenvalue weighted by atomic mass is 19.1. The molecule has 0 aromatic carbocycles. The SMILES string of the molecule is Cc1cc(N2CCN(c3ncc(F)cn3)CC2)n2nc(C)cc2n1. The summed E-state index contributed by atoms with van der Waals surface area (Å²) in [5.74, 6) is 1.20. The molecule has 0 atom stereocenters. The Bertz CT molecular complexity index is 866. The van der Waals surface area contributed by atoms with E-state index in [0.717, 1.165) is 49.0 Å². The average Bonchev–Trinajstić information content (AvgIpc) is 2.95. The van der Waals surface area contributed by atoms with Crippen molar-refractivity contribution >= 4 is 17.4 Å². The molecule has 0 saturated carbocycles. The molecule has 1 fully saturated rings. The van der Waals surface area contributed by atoms with Crippen LogP contribution in [0.25, 0.3) is 5.65 Å². The van der Waals surface area contributed by atoms with E-state index in [-0.39, 0.29) is 0 Å². The van der Waals surface area contributed by atoms with Crippen LogP contribution in [0.4, 0.5) is 16.2 Å². The smallest absolute Gasteiger partial charge is 0.225 e. The second kappa shape index (κ2) is 5.70. The zero-order valence-electron chi connectivity index (χ0n) is 13.6. The molecule has 124 valence electrons. The third kappa shape index (κ3) is 2.64. The quantitative estimate of drug-likeness (QED) is 0.712. The number of hydrogen-bond donors (Lipinski definition) is 0. The van der Waals surface area contributed by atoms with Crippen LogP contribution in [0.2, 0.25) is 0 Å².